The average molecular weight is 309 g/mol. The molecule has 19 heavy (non-hydrogen) atoms. The molecule has 106 valence electrons. The molecule has 0 aliphatic carbocycles. The smallest absolute Gasteiger partial charge is 0.242 e. The molecule has 0 spiro atoms. The summed E-state index contributed by atoms with van der Waals surface area (Å²) in [5.74, 6) is -0.655. The van der Waals surface area contributed by atoms with Crippen molar-refractivity contribution < 1.29 is 17.5 Å². The number of benzene rings is 1. The van der Waals surface area contributed by atoms with Crippen LogP contribution in [0.15, 0.2) is 23.1 Å². The van der Waals surface area contributed by atoms with Crippen LogP contribution in [0, 0.1) is 5.82 Å². The minimum Gasteiger partial charge on any atom is -0.378 e. The number of hydrogen-bond donors (Lipinski definition) is 2. The Bertz CT molecular complexity index is 567. The Balaban J connectivity index is 2.25. The van der Waals surface area contributed by atoms with Crippen LogP contribution >= 0.6 is 11.6 Å². The lowest BCUT2D eigenvalue weighted by molar-refractivity contribution is 0.103. The van der Waals surface area contributed by atoms with Crippen LogP contribution in [-0.2, 0) is 14.8 Å². The van der Waals surface area contributed by atoms with Gasteiger partial charge in [0.15, 0.2) is 0 Å². The largest absolute Gasteiger partial charge is 0.378 e. The highest BCUT2D eigenvalue weighted by molar-refractivity contribution is 7.89. The first-order valence-electron chi connectivity index (χ1n) is 5.65. The van der Waals surface area contributed by atoms with E-state index >= 15 is 0 Å². The second kappa shape index (κ2) is 5.72. The van der Waals surface area contributed by atoms with E-state index < -0.39 is 21.9 Å². The summed E-state index contributed by atoms with van der Waals surface area (Å²) in [4.78, 5) is -0.268. The molecule has 1 aromatic rings. The van der Waals surface area contributed by atoms with Gasteiger partial charge in [0.25, 0.3) is 0 Å². The Hall–Kier alpha value is -0.730. The zero-order valence-corrected chi connectivity index (χ0v) is 11.8. The Morgan fingerprint density at radius 1 is 1.47 bits per heavy atom. The van der Waals surface area contributed by atoms with E-state index in [9.17, 15) is 12.8 Å². The van der Waals surface area contributed by atoms with Gasteiger partial charge >= 0.3 is 0 Å². The van der Waals surface area contributed by atoms with Crippen LogP contribution in [0.3, 0.4) is 0 Å². The fourth-order valence-corrected chi connectivity index (χ4v) is 3.74. The summed E-state index contributed by atoms with van der Waals surface area (Å²) in [5.41, 5.74) is 0. The molecule has 2 N–H and O–H groups in total. The van der Waals surface area contributed by atoms with Crippen LogP contribution in [-0.4, -0.2) is 40.8 Å². The standard InChI is InChI=1S/C11H14ClFN2O3S/c1-18-10-6-14-5-9(10)15-19(16,17)11-4-7(13)2-3-8(11)12/h2-4,9-10,14-15H,5-6H2,1H3/t9?,10-/m0/s1. The van der Waals surface area contributed by atoms with Gasteiger partial charge in [-0.25, -0.2) is 17.5 Å². The average Bonchev–Trinajstić information content (AvgIpc) is 2.78. The summed E-state index contributed by atoms with van der Waals surface area (Å²) < 4.78 is 45.1. The monoisotopic (exact) mass is 308 g/mol. The third kappa shape index (κ3) is 3.24. The third-order valence-corrected chi connectivity index (χ3v) is 4.92. The maximum Gasteiger partial charge on any atom is 0.242 e. The van der Waals surface area contributed by atoms with Crippen molar-refractivity contribution >= 4 is 21.6 Å². The molecule has 5 nitrogen and oxygen atoms in total. The number of rotatable bonds is 4. The Kier molecular flexibility index (Phi) is 4.42. The summed E-state index contributed by atoms with van der Waals surface area (Å²) >= 11 is 5.80. The minimum absolute atomic E-state index is 0.0196. The van der Waals surface area contributed by atoms with E-state index in [0.717, 1.165) is 12.1 Å². The lowest BCUT2D eigenvalue weighted by atomic mass is 10.2. The van der Waals surface area contributed by atoms with E-state index in [4.69, 9.17) is 16.3 Å². The quantitative estimate of drug-likeness (QED) is 0.861. The molecule has 1 heterocycles. The lowest BCUT2D eigenvalue weighted by Crippen LogP contribution is -2.43. The van der Waals surface area contributed by atoms with Gasteiger partial charge < -0.3 is 10.1 Å². The topological polar surface area (TPSA) is 67.4 Å². The number of nitrogens with one attached hydrogen (secondary N) is 2. The second-order valence-corrected chi connectivity index (χ2v) is 6.32. The first-order chi connectivity index (χ1) is 8.94. The maximum atomic E-state index is 13.1. The molecule has 0 saturated carbocycles. The third-order valence-electron chi connectivity index (χ3n) is 2.95. The van der Waals surface area contributed by atoms with Crippen molar-refractivity contribution in [2.45, 2.75) is 17.0 Å². The number of halogens is 2. The molecule has 1 saturated heterocycles. The first kappa shape index (κ1) is 14.7. The van der Waals surface area contributed by atoms with Gasteiger partial charge in [0.1, 0.15) is 10.7 Å². The highest BCUT2D eigenvalue weighted by atomic mass is 35.5. The molecule has 1 unspecified atom stereocenters. The van der Waals surface area contributed by atoms with E-state index in [0.29, 0.717) is 13.1 Å². The molecule has 0 amide bonds. The molecular formula is C11H14ClFN2O3S. The molecule has 1 aromatic carbocycles. The summed E-state index contributed by atoms with van der Waals surface area (Å²) in [6.07, 6.45) is -0.262. The highest BCUT2D eigenvalue weighted by Crippen LogP contribution is 2.22. The lowest BCUT2D eigenvalue weighted by Gasteiger charge is -2.19. The van der Waals surface area contributed by atoms with Gasteiger partial charge in [-0.05, 0) is 18.2 Å². The molecule has 1 aliphatic rings. The first-order valence-corrected chi connectivity index (χ1v) is 7.51. The van der Waals surface area contributed by atoms with E-state index in [1.165, 1.54) is 13.2 Å². The fourth-order valence-electron chi connectivity index (χ4n) is 1.97. The molecule has 2 atom stereocenters. The Morgan fingerprint density at radius 2 is 2.21 bits per heavy atom. The normalized spacial score (nSPS) is 23.7. The number of ether oxygens (including phenoxy) is 1. The predicted molar refractivity (Wildman–Crippen MR) is 69.2 cm³/mol. The Labute approximate surface area is 116 Å². The molecule has 1 fully saturated rings. The van der Waals surface area contributed by atoms with E-state index in [1.807, 2.05) is 0 Å². The molecule has 0 radical (unpaired) electrons. The van der Waals surface area contributed by atoms with Crippen molar-refractivity contribution in [2.24, 2.45) is 0 Å². The van der Waals surface area contributed by atoms with Crippen LogP contribution in [0.25, 0.3) is 0 Å². The molecule has 0 bridgehead atoms. The minimum atomic E-state index is -3.88. The molecule has 1 aliphatic heterocycles. The van der Waals surface area contributed by atoms with Crippen LogP contribution < -0.4 is 10.0 Å². The van der Waals surface area contributed by atoms with Crippen molar-refractivity contribution in [3.05, 3.63) is 29.0 Å². The van der Waals surface area contributed by atoms with Gasteiger partial charge in [-0.15, -0.1) is 0 Å². The summed E-state index contributed by atoms with van der Waals surface area (Å²) in [5, 5.41) is 2.99. The fraction of sp³-hybridized carbons (Fsp3) is 0.455. The van der Waals surface area contributed by atoms with Gasteiger partial charge in [-0.2, -0.15) is 0 Å². The molecule has 2 rings (SSSR count). The molecule has 0 aromatic heterocycles. The van der Waals surface area contributed by atoms with Crippen molar-refractivity contribution in [3.63, 3.8) is 0 Å². The summed E-state index contributed by atoms with van der Waals surface area (Å²) in [6, 6.07) is 2.81. The summed E-state index contributed by atoms with van der Waals surface area (Å²) in [7, 11) is -2.37. The number of methoxy groups -OCH3 is 1. The maximum absolute atomic E-state index is 13.1. The predicted octanol–water partition coefficient (Wildman–Crippen LogP) is 0.744. The van der Waals surface area contributed by atoms with E-state index in [-0.39, 0.29) is 16.0 Å². The van der Waals surface area contributed by atoms with Crippen molar-refractivity contribution in [1.29, 1.82) is 0 Å². The van der Waals surface area contributed by atoms with Crippen LogP contribution in [0.1, 0.15) is 0 Å². The number of sulfonamides is 1. The van der Waals surface area contributed by atoms with Gasteiger partial charge in [0.2, 0.25) is 10.0 Å². The zero-order chi connectivity index (χ0) is 14.0. The second-order valence-electron chi connectivity index (χ2n) is 4.23. The van der Waals surface area contributed by atoms with Crippen molar-refractivity contribution in [3.8, 4) is 0 Å². The van der Waals surface area contributed by atoms with E-state index in [1.54, 1.807) is 0 Å². The highest BCUT2D eigenvalue weighted by Gasteiger charge is 2.32. The SMILES string of the molecule is CO[C@H]1CNCC1NS(=O)(=O)c1cc(F)ccc1Cl. The van der Waals surface area contributed by atoms with Gasteiger partial charge in [0.05, 0.1) is 17.2 Å². The summed E-state index contributed by atoms with van der Waals surface area (Å²) in [6.45, 7) is 1.01. The molecular weight excluding hydrogens is 295 g/mol. The Morgan fingerprint density at radius 3 is 2.89 bits per heavy atom. The van der Waals surface area contributed by atoms with E-state index in [2.05, 4.69) is 10.0 Å². The van der Waals surface area contributed by atoms with Gasteiger partial charge in [-0.1, -0.05) is 11.6 Å². The van der Waals surface area contributed by atoms with Gasteiger partial charge in [0, 0.05) is 20.2 Å². The van der Waals surface area contributed by atoms with Crippen LogP contribution in [0.4, 0.5) is 4.39 Å². The number of hydrogen-bond acceptors (Lipinski definition) is 4. The van der Waals surface area contributed by atoms with Crippen LogP contribution in [0.5, 0.6) is 0 Å². The van der Waals surface area contributed by atoms with Crippen molar-refractivity contribution in [2.75, 3.05) is 20.2 Å². The van der Waals surface area contributed by atoms with Gasteiger partial charge in [-0.3, -0.25) is 0 Å². The zero-order valence-electron chi connectivity index (χ0n) is 10.2. The van der Waals surface area contributed by atoms with Crippen molar-refractivity contribution in [1.82, 2.24) is 10.0 Å². The van der Waals surface area contributed by atoms with Crippen LogP contribution in [0.2, 0.25) is 5.02 Å². The molecule has 8 heteroatoms.